The molecular weight excluding hydrogens is 628 g/mol. The predicted molar refractivity (Wildman–Crippen MR) is 195 cm³/mol. The van der Waals surface area contributed by atoms with E-state index < -0.39 is 17.7 Å². The van der Waals surface area contributed by atoms with Crippen molar-refractivity contribution in [2.24, 2.45) is 5.41 Å². The van der Waals surface area contributed by atoms with Gasteiger partial charge in [0.15, 0.2) is 23.1 Å². The molecule has 5 aromatic rings. The summed E-state index contributed by atoms with van der Waals surface area (Å²) in [6.07, 6.45) is 3.27. The molecule has 0 radical (unpaired) electrons. The van der Waals surface area contributed by atoms with E-state index in [0.29, 0.717) is 29.0 Å². The fourth-order valence-corrected chi connectivity index (χ4v) is 7.36. The zero-order valence-corrected chi connectivity index (χ0v) is 30.1. The number of piperidine rings is 1. The molecule has 1 fully saturated rings. The lowest BCUT2D eigenvalue weighted by molar-refractivity contribution is -0.160. The first kappa shape index (κ1) is 33.6. The Morgan fingerprint density at radius 1 is 0.940 bits per heavy atom. The molecule has 0 aliphatic carbocycles. The maximum atomic E-state index is 12.9. The number of ether oxygens (including phenoxy) is 1. The molecule has 50 heavy (non-hydrogen) atoms. The average Bonchev–Trinajstić information content (AvgIpc) is 3.51. The van der Waals surface area contributed by atoms with Crippen LogP contribution in [0, 0.1) is 19.3 Å². The number of aromatic nitrogens is 6. The van der Waals surface area contributed by atoms with Crippen molar-refractivity contribution in [2.45, 2.75) is 86.0 Å². The number of pyridine rings is 1. The van der Waals surface area contributed by atoms with Crippen molar-refractivity contribution in [3.63, 3.8) is 0 Å². The summed E-state index contributed by atoms with van der Waals surface area (Å²) in [6.45, 7) is 17.4. The second kappa shape index (κ2) is 12.8. The first-order chi connectivity index (χ1) is 23.8. The zero-order valence-electron chi connectivity index (χ0n) is 30.1. The lowest BCUT2D eigenvalue weighted by atomic mass is 9.81. The average molecular weight is 675 g/mol. The second-order valence-corrected chi connectivity index (χ2v) is 15.4. The second-order valence-electron chi connectivity index (χ2n) is 15.4. The Hall–Kier alpha value is -4.90. The maximum absolute atomic E-state index is 12.9. The van der Waals surface area contributed by atoms with E-state index in [9.17, 15) is 9.90 Å². The van der Waals surface area contributed by atoms with Gasteiger partial charge in [0.25, 0.3) is 0 Å². The van der Waals surface area contributed by atoms with Gasteiger partial charge in [0.2, 0.25) is 0 Å². The fraction of sp³-hybridized carbons (Fsp3) is 0.436. The van der Waals surface area contributed by atoms with Crippen LogP contribution in [0.5, 0.6) is 0 Å². The number of aryl methyl sites for hydroxylation is 2. The van der Waals surface area contributed by atoms with Gasteiger partial charge in [-0.1, -0.05) is 55.5 Å². The van der Waals surface area contributed by atoms with Crippen LogP contribution in [0.4, 0.5) is 11.5 Å². The van der Waals surface area contributed by atoms with Crippen LogP contribution in [0.3, 0.4) is 0 Å². The molecule has 0 saturated carbocycles. The number of para-hydroxylation sites is 1. The molecule has 11 nitrogen and oxygen atoms in total. The molecular formula is C39H46N8O3. The van der Waals surface area contributed by atoms with Crippen molar-refractivity contribution in [2.75, 3.05) is 29.4 Å². The topological polar surface area (TPSA) is 122 Å². The number of fused-ring (bicyclic) bond motifs is 2. The van der Waals surface area contributed by atoms with Gasteiger partial charge >= 0.3 is 5.97 Å². The number of carbonyl (C=O) groups is 1. The van der Waals surface area contributed by atoms with Crippen molar-refractivity contribution in [1.29, 1.82) is 0 Å². The highest BCUT2D eigenvalue weighted by molar-refractivity contribution is 5.88. The van der Waals surface area contributed by atoms with Crippen molar-refractivity contribution in [3.8, 4) is 16.8 Å². The van der Waals surface area contributed by atoms with Gasteiger partial charge in [-0.25, -0.2) is 14.8 Å². The van der Waals surface area contributed by atoms with Crippen molar-refractivity contribution in [1.82, 2.24) is 29.9 Å². The summed E-state index contributed by atoms with van der Waals surface area (Å²) in [4.78, 5) is 31.7. The van der Waals surface area contributed by atoms with Gasteiger partial charge in [0.1, 0.15) is 6.33 Å². The van der Waals surface area contributed by atoms with Gasteiger partial charge in [-0.15, -0.1) is 5.10 Å². The summed E-state index contributed by atoms with van der Waals surface area (Å²) >= 11 is 0. The highest BCUT2D eigenvalue weighted by Gasteiger charge is 2.37. The number of carboxylic acid groups (broad SMARTS) is 1. The minimum absolute atomic E-state index is 0.227. The number of anilines is 2. The Balaban J connectivity index is 1.28. The molecule has 2 aromatic carbocycles. The Bertz CT molecular complexity index is 2060. The fourth-order valence-electron chi connectivity index (χ4n) is 7.36. The smallest absolute Gasteiger partial charge is 0.337 e. The summed E-state index contributed by atoms with van der Waals surface area (Å²) in [5.74, 6) is -0.240. The Morgan fingerprint density at radius 3 is 2.38 bits per heavy atom. The molecule has 2 aliphatic heterocycles. The van der Waals surface area contributed by atoms with Gasteiger partial charge in [-0.2, -0.15) is 4.68 Å². The van der Waals surface area contributed by atoms with Crippen LogP contribution in [0.1, 0.15) is 81.6 Å². The van der Waals surface area contributed by atoms with E-state index in [1.165, 1.54) is 11.1 Å². The van der Waals surface area contributed by atoms with Gasteiger partial charge < -0.3 is 19.6 Å². The van der Waals surface area contributed by atoms with Crippen LogP contribution in [0.2, 0.25) is 0 Å². The standard InChI is InChI=1S/C39H46N8O3/c1-24-30(33(45-19-16-39(6,7)17-20-45)31(25(2)42-24)34(37(48)49)50-38(3,4)5)27-13-14-28-22-46(18-15-26(28)21-27)35-32-36(41-23-40-35)47(44-43-32)29-11-9-8-10-12-29/h8-14,21,23,34H,15-20,22H2,1-7H3,(H,48,49)/t34-/m0/s1. The van der Waals surface area contributed by atoms with Crippen molar-refractivity contribution in [3.05, 3.63) is 82.9 Å². The molecule has 5 heterocycles. The van der Waals surface area contributed by atoms with Gasteiger partial charge in [-0.3, -0.25) is 4.98 Å². The number of aliphatic carboxylic acids is 1. The first-order valence-electron chi connectivity index (χ1n) is 17.5. The van der Waals surface area contributed by atoms with E-state index in [-0.39, 0.29) is 5.41 Å². The monoisotopic (exact) mass is 674 g/mol. The highest BCUT2D eigenvalue weighted by atomic mass is 16.5. The number of benzene rings is 2. The molecule has 2 aliphatic rings. The third-order valence-corrected chi connectivity index (χ3v) is 10.00. The van der Waals surface area contributed by atoms with Gasteiger partial charge in [0.05, 0.1) is 17.0 Å². The molecule has 1 atom stereocenters. The van der Waals surface area contributed by atoms with Crippen molar-refractivity contribution >= 4 is 28.6 Å². The highest BCUT2D eigenvalue weighted by Crippen LogP contribution is 2.45. The number of hydrogen-bond donors (Lipinski definition) is 1. The zero-order chi connectivity index (χ0) is 35.4. The van der Waals surface area contributed by atoms with Crippen LogP contribution in [-0.2, 0) is 22.5 Å². The van der Waals surface area contributed by atoms with Crippen LogP contribution in [0.15, 0.2) is 54.9 Å². The third kappa shape index (κ3) is 6.42. The van der Waals surface area contributed by atoms with E-state index in [2.05, 4.69) is 62.1 Å². The summed E-state index contributed by atoms with van der Waals surface area (Å²) in [7, 11) is 0. The molecule has 1 saturated heterocycles. The molecule has 260 valence electrons. The Morgan fingerprint density at radius 2 is 1.68 bits per heavy atom. The molecule has 0 amide bonds. The van der Waals surface area contributed by atoms with Crippen LogP contribution >= 0.6 is 0 Å². The number of hydrogen-bond acceptors (Lipinski definition) is 9. The van der Waals surface area contributed by atoms with Crippen LogP contribution in [-0.4, -0.2) is 66.3 Å². The normalized spacial score (nSPS) is 16.8. The van der Waals surface area contributed by atoms with E-state index in [0.717, 1.165) is 72.9 Å². The van der Waals surface area contributed by atoms with Gasteiger partial charge in [-0.05, 0) is 88.1 Å². The summed E-state index contributed by atoms with van der Waals surface area (Å²) in [5.41, 5.74) is 9.44. The first-order valence-corrected chi connectivity index (χ1v) is 17.5. The van der Waals surface area contributed by atoms with E-state index in [1.54, 1.807) is 11.0 Å². The molecule has 7 rings (SSSR count). The van der Waals surface area contributed by atoms with E-state index in [1.807, 2.05) is 65.0 Å². The number of nitrogens with zero attached hydrogens (tertiary/aromatic N) is 8. The lowest BCUT2D eigenvalue weighted by Crippen LogP contribution is -2.39. The van der Waals surface area contributed by atoms with Gasteiger partial charge in [0, 0.05) is 48.7 Å². The molecule has 3 aromatic heterocycles. The van der Waals surface area contributed by atoms with E-state index >= 15 is 0 Å². The number of rotatable bonds is 7. The maximum Gasteiger partial charge on any atom is 0.337 e. The number of carboxylic acids is 1. The summed E-state index contributed by atoms with van der Waals surface area (Å²) < 4.78 is 8.03. The molecule has 0 bridgehead atoms. The minimum Gasteiger partial charge on any atom is -0.479 e. The molecule has 11 heteroatoms. The third-order valence-electron chi connectivity index (χ3n) is 10.00. The SMILES string of the molecule is Cc1nc(C)c([C@H](OC(C)(C)C)C(=O)O)c(N2CCC(C)(C)CC2)c1-c1ccc2c(c1)CCN(c1ncnc3c1nnn3-c1ccccc1)C2. The van der Waals surface area contributed by atoms with E-state index in [4.69, 9.17) is 9.72 Å². The molecule has 1 N–H and O–H groups in total. The van der Waals surface area contributed by atoms with Crippen LogP contribution in [0.25, 0.3) is 28.0 Å². The minimum atomic E-state index is -1.15. The largest absolute Gasteiger partial charge is 0.479 e. The lowest BCUT2D eigenvalue weighted by Gasteiger charge is -2.41. The molecule has 0 unspecified atom stereocenters. The summed E-state index contributed by atoms with van der Waals surface area (Å²) in [6, 6.07) is 16.5. The predicted octanol–water partition coefficient (Wildman–Crippen LogP) is 7.02. The molecule has 0 spiro atoms. The summed E-state index contributed by atoms with van der Waals surface area (Å²) in [5, 5.41) is 19.5. The Labute approximate surface area is 293 Å². The van der Waals surface area contributed by atoms with Crippen LogP contribution < -0.4 is 9.80 Å². The quantitative estimate of drug-likeness (QED) is 0.193. The van der Waals surface area contributed by atoms with Crippen molar-refractivity contribution < 1.29 is 14.6 Å². The Kier molecular flexibility index (Phi) is 8.58.